The standard InChI is InChI=1S/C23H17NO5/c24-16-7-9-18-17(11-16)21(25)23(26-12-14-4-2-1-3-5-14)22(29-18)15-6-8-19-20(10-15)28-13-27-19/h1-11H,12-13,24H2. The number of anilines is 1. The van der Waals surface area contributed by atoms with Crippen molar-refractivity contribution < 1.29 is 18.6 Å². The van der Waals surface area contributed by atoms with Crippen molar-refractivity contribution in [2.24, 2.45) is 0 Å². The average Bonchev–Trinajstić information content (AvgIpc) is 3.22. The van der Waals surface area contributed by atoms with Gasteiger partial charge in [0.1, 0.15) is 12.2 Å². The largest absolute Gasteiger partial charge is 0.481 e. The van der Waals surface area contributed by atoms with Gasteiger partial charge in [0.25, 0.3) is 0 Å². The molecule has 0 spiro atoms. The Morgan fingerprint density at radius 3 is 2.62 bits per heavy atom. The van der Waals surface area contributed by atoms with Crippen LogP contribution in [0.1, 0.15) is 5.56 Å². The zero-order valence-electron chi connectivity index (χ0n) is 15.4. The zero-order valence-corrected chi connectivity index (χ0v) is 15.4. The molecule has 6 nitrogen and oxygen atoms in total. The lowest BCUT2D eigenvalue weighted by Crippen LogP contribution is -2.10. The molecule has 0 aliphatic carbocycles. The quantitative estimate of drug-likeness (QED) is 0.524. The molecule has 3 aromatic carbocycles. The van der Waals surface area contributed by atoms with Gasteiger partial charge in [0.05, 0.1) is 5.39 Å². The summed E-state index contributed by atoms with van der Waals surface area (Å²) in [6.45, 7) is 0.397. The molecule has 0 saturated carbocycles. The lowest BCUT2D eigenvalue weighted by Gasteiger charge is -2.12. The Morgan fingerprint density at radius 2 is 1.76 bits per heavy atom. The van der Waals surface area contributed by atoms with Gasteiger partial charge in [-0.1, -0.05) is 30.3 Å². The molecule has 6 heteroatoms. The van der Waals surface area contributed by atoms with Crippen LogP contribution in [-0.2, 0) is 6.61 Å². The molecule has 1 aliphatic rings. The van der Waals surface area contributed by atoms with Gasteiger partial charge >= 0.3 is 0 Å². The van der Waals surface area contributed by atoms with E-state index in [0.29, 0.717) is 39.5 Å². The first-order valence-corrected chi connectivity index (χ1v) is 9.12. The molecule has 5 rings (SSSR count). The first kappa shape index (κ1) is 17.2. The van der Waals surface area contributed by atoms with Crippen LogP contribution in [0.25, 0.3) is 22.3 Å². The van der Waals surface area contributed by atoms with Crippen LogP contribution in [0.3, 0.4) is 0 Å². The highest BCUT2D eigenvalue weighted by atomic mass is 16.7. The van der Waals surface area contributed by atoms with Crippen molar-refractivity contribution in [2.75, 3.05) is 12.5 Å². The Balaban J connectivity index is 1.66. The average molecular weight is 387 g/mol. The molecule has 0 unspecified atom stereocenters. The van der Waals surface area contributed by atoms with Gasteiger partial charge in [-0.25, -0.2) is 0 Å². The van der Waals surface area contributed by atoms with Gasteiger partial charge in [-0.05, 0) is 42.0 Å². The fraction of sp³-hybridized carbons (Fsp3) is 0.0870. The molecule has 0 atom stereocenters. The van der Waals surface area contributed by atoms with E-state index in [4.69, 9.17) is 24.4 Å². The second kappa shape index (κ2) is 6.91. The lowest BCUT2D eigenvalue weighted by atomic mass is 10.1. The summed E-state index contributed by atoms with van der Waals surface area (Å²) in [4.78, 5) is 13.2. The summed E-state index contributed by atoms with van der Waals surface area (Å²) in [6.07, 6.45) is 0. The number of benzene rings is 3. The lowest BCUT2D eigenvalue weighted by molar-refractivity contribution is 0.174. The van der Waals surface area contributed by atoms with Crippen LogP contribution in [-0.4, -0.2) is 6.79 Å². The number of rotatable bonds is 4. The van der Waals surface area contributed by atoms with Gasteiger partial charge in [0, 0.05) is 11.3 Å². The molecule has 2 heterocycles. The molecule has 0 amide bonds. The number of hydrogen-bond acceptors (Lipinski definition) is 6. The number of nitrogen functional groups attached to an aromatic ring is 1. The SMILES string of the molecule is Nc1ccc2oc(-c3ccc4c(c3)OCO4)c(OCc3ccccc3)c(=O)c2c1. The third-order valence-electron chi connectivity index (χ3n) is 4.73. The van der Waals surface area contributed by atoms with Crippen LogP contribution < -0.4 is 25.4 Å². The Labute approximate surface area is 166 Å². The topological polar surface area (TPSA) is 83.9 Å². The predicted molar refractivity (Wildman–Crippen MR) is 109 cm³/mol. The Kier molecular flexibility index (Phi) is 4.09. The highest BCUT2D eigenvalue weighted by Crippen LogP contribution is 2.39. The van der Waals surface area contributed by atoms with Gasteiger partial charge in [-0.15, -0.1) is 0 Å². The van der Waals surface area contributed by atoms with Crippen LogP contribution in [0.2, 0.25) is 0 Å². The summed E-state index contributed by atoms with van der Waals surface area (Å²) in [5, 5.41) is 0.373. The second-order valence-electron chi connectivity index (χ2n) is 6.69. The highest BCUT2D eigenvalue weighted by molar-refractivity contribution is 5.84. The molecular formula is C23H17NO5. The maximum atomic E-state index is 13.2. The van der Waals surface area contributed by atoms with Gasteiger partial charge in [0.2, 0.25) is 18.0 Å². The Hall–Kier alpha value is -3.93. The molecule has 0 fully saturated rings. The van der Waals surface area contributed by atoms with Crippen molar-refractivity contribution in [3.63, 3.8) is 0 Å². The van der Waals surface area contributed by atoms with Crippen molar-refractivity contribution in [1.82, 2.24) is 0 Å². The van der Waals surface area contributed by atoms with Crippen molar-refractivity contribution in [3.05, 3.63) is 82.5 Å². The summed E-state index contributed by atoms with van der Waals surface area (Å²) in [5.41, 5.74) is 8.11. The van der Waals surface area contributed by atoms with Crippen LogP contribution in [0.5, 0.6) is 17.2 Å². The van der Waals surface area contributed by atoms with Crippen molar-refractivity contribution in [3.8, 4) is 28.6 Å². The number of hydrogen-bond donors (Lipinski definition) is 1. The maximum absolute atomic E-state index is 13.2. The van der Waals surface area contributed by atoms with Crippen molar-refractivity contribution in [1.29, 1.82) is 0 Å². The first-order chi connectivity index (χ1) is 14.2. The molecule has 0 bridgehead atoms. The van der Waals surface area contributed by atoms with Gasteiger partial charge in [0.15, 0.2) is 17.3 Å². The maximum Gasteiger partial charge on any atom is 0.235 e. The van der Waals surface area contributed by atoms with E-state index in [1.165, 1.54) is 0 Å². The predicted octanol–water partition coefficient (Wildman–Crippen LogP) is 4.35. The minimum atomic E-state index is -0.276. The Bertz CT molecular complexity index is 1260. The summed E-state index contributed by atoms with van der Waals surface area (Å²) >= 11 is 0. The summed E-state index contributed by atoms with van der Waals surface area (Å²) in [6, 6.07) is 20.0. The summed E-state index contributed by atoms with van der Waals surface area (Å²) in [5.74, 6) is 1.71. The fourth-order valence-corrected chi connectivity index (χ4v) is 3.28. The molecule has 4 aromatic rings. The third-order valence-corrected chi connectivity index (χ3v) is 4.73. The molecule has 0 radical (unpaired) electrons. The van der Waals surface area contributed by atoms with Crippen LogP contribution in [0.4, 0.5) is 5.69 Å². The number of fused-ring (bicyclic) bond motifs is 2. The molecule has 1 aliphatic heterocycles. The van der Waals surface area contributed by atoms with Crippen molar-refractivity contribution in [2.45, 2.75) is 6.61 Å². The molecule has 0 saturated heterocycles. The van der Waals surface area contributed by atoms with Gasteiger partial charge in [-0.2, -0.15) is 0 Å². The van der Waals surface area contributed by atoms with Crippen LogP contribution in [0.15, 0.2) is 75.9 Å². The van der Waals surface area contributed by atoms with E-state index in [0.717, 1.165) is 5.56 Å². The van der Waals surface area contributed by atoms with E-state index in [9.17, 15) is 4.79 Å². The minimum absolute atomic E-state index is 0.130. The molecule has 29 heavy (non-hydrogen) atoms. The molecule has 1 aromatic heterocycles. The smallest absolute Gasteiger partial charge is 0.235 e. The fourth-order valence-electron chi connectivity index (χ4n) is 3.28. The third kappa shape index (κ3) is 3.14. The van der Waals surface area contributed by atoms with E-state index >= 15 is 0 Å². The van der Waals surface area contributed by atoms with Crippen molar-refractivity contribution >= 4 is 16.7 Å². The first-order valence-electron chi connectivity index (χ1n) is 9.12. The molecule has 2 N–H and O–H groups in total. The Morgan fingerprint density at radius 1 is 0.931 bits per heavy atom. The summed E-state index contributed by atoms with van der Waals surface area (Å²) in [7, 11) is 0. The normalized spacial score (nSPS) is 12.3. The highest BCUT2D eigenvalue weighted by Gasteiger charge is 2.21. The van der Waals surface area contributed by atoms with E-state index in [1.54, 1.807) is 30.3 Å². The van der Waals surface area contributed by atoms with E-state index in [2.05, 4.69) is 0 Å². The van der Waals surface area contributed by atoms with Crippen LogP contribution >= 0.6 is 0 Å². The van der Waals surface area contributed by atoms with E-state index in [1.807, 2.05) is 36.4 Å². The second-order valence-corrected chi connectivity index (χ2v) is 6.69. The zero-order chi connectivity index (χ0) is 19.8. The summed E-state index contributed by atoms with van der Waals surface area (Å²) < 4.78 is 22.9. The van der Waals surface area contributed by atoms with E-state index < -0.39 is 0 Å². The van der Waals surface area contributed by atoms with Gasteiger partial charge < -0.3 is 24.4 Å². The number of nitrogens with two attached hydrogens (primary N) is 1. The number of ether oxygens (including phenoxy) is 3. The van der Waals surface area contributed by atoms with Crippen LogP contribution in [0, 0.1) is 0 Å². The van der Waals surface area contributed by atoms with E-state index in [-0.39, 0.29) is 24.6 Å². The molecule has 144 valence electrons. The molecular weight excluding hydrogens is 370 g/mol. The monoisotopic (exact) mass is 387 g/mol. The minimum Gasteiger partial charge on any atom is -0.481 e. The van der Waals surface area contributed by atoms with Gasteiger partial charge in [-0.3, -0.25) is 4.79 Å².